The number of nitrogens with one attached hydrogen (secondary N) is 1. The summed E-state index contributed by atoms with van der Waals surface area (Å²) in [6.07, 6.45) is 10.7. The number of hydrogen-bond donors (Lipinski definition) is 3. The number of hydrogen-bond acceptors (Lipinski definition) is 6. The van der Waals surface area contributed by atoms with Crippen LogP contribution < -0.4 is 16.8 Å². The Labute approximate surface area is 381 Å². The van der Waals surface area contributed by atoms with E-state index in [4.69, 9.17) is 67.8 Å². The Balaban J connectivity index is 0.000000180. The van der Waals surface area contributed by atoms with Crippen LogP contribution in [0.5, 0.6) is 0 Å². The number of primary amides is 1. The third kappa shape index (κ3) is 10.1. The van der Waals surface area contributed by atoms with Crippen molar-refractivity contribution in [3.05, 3.63) is 123 Å². The van der Waals surface area contributed by atoms with E-state index in [2.05, 4.69) is 49.3 Å². The maximum atomic E-state index is 12.4. The first-order chi connectivity index (χ1) is 28.3. The van der Waals surface area contributed by atoms with Crippen molar-refractivity contribution in [3.8, 4) is 0 Å². The van der Waals surface area contributed by atoms with Crippen LogP contribution in [0.25, 0.3) is 0 Å². The fraction of sp³-hybridized carbons (Fsp3) is 0.419. The molecule has 2 unspecified atom stereocenters. The van der Waals surface area contributed by atoms with Crippen LogP contribution in [0.4, 0.5) is 4.79 Å². The van der Waals surface area contributed by atoms with Gasteiger partial charge in [-0.25, -0.2) is 4.79 Å². The van der Waals surface area contributed by atoms with Gasteiger partial charge in [-0.2, -0.15) is 0 Å². The van der Waals surface area contributed by atoms with Crippen LogP contribution in [0.3, 0.4) is 0 Å². The molecule has 59 heavy (non-hydrogen) atoms. The number of urea groups is 1. The number of rotatable bonds is 5. The number of halogens is 6. The minimum absolute atomic E-state index is 0.0204. The number of nitrogens with zero attached hydrogens (tertiary/aromatic N) is 4. The van der Waals surface area contributed by atoms with Crippen molar-refractivity contribution in [1.29, 1.82) is 0 Å². The highest BCUT2D eigenvalue weighted by Gasteiger charge is 2.38. The second-order valence-electron chi connectivity index (χ2n) is 15.6. The molecule has 4 heterocycles. The van der Waals surface area contributed by atoms with E-state index in [9.17, 15) is 14.4 Å². The summed E-state index contributed by atoms with van der Waals surface area (Å²) in [6, 6.07) is 11.3. The van der Waals surface area contributed by atoms with Crippen LogP contribution in [-0.2, 0) is 35.3 Å². The molecule has 0 bridgehead atoms. The van der Waals surface area contributed by atoms with Gasteiger partial charge in [0.15, 0.2) is 0 Å². The molecule has 2 saturated heterocycles. The number of benzene rings is 2. The monoisotopic (exact) mass is 1010 g/mol. The highest BCUT2D eigenvalue weighted by Crippen LogP contribution is 2.48. The minimum atomic E-state index is -0.694. The van der Waals surface area contributed by atoms with Gasteiger partial charge in [-0.3, -0.25) is 19.6 Å². The van der Waals surface area contributed by atoms with Gasteiger partial charge in [0.05, 0.1) is 24.5 Å². The van der Waals surface area contributed by atoms with E-state index >= 15 is 0 Å². The van der Waals surface area contributed by atoms with Crippen molar-refractivity contribution in [1.82, 2.24) is 25.1 Å². The number of nitrogens with two attached hydrogens (primary N) is 2. The molecule has 2 aromatic heterocycles. The summed E-state index contributed by atoms with van der Waals surface area (Å²) < 4.78 is 1.95. The Kier molecular flexibility index (Phi) is 14.5. The van der Waals surface area contributed by atoms with Crippen LogP contribution >= 0.6 is 78.3 Å². The lowest BCUT2D eigenvalue weighted by Gasteiger charge is -2.37. The molecule has 0 saturated carbocycles. The summed E-state index contributed by atoms with van der Waals surface area (Å²) >= 11 is 33.2. The lowest BCUT2D eigenvalue weighted by molar-refractivity contribution is -0.132. The molecule has 0 spiro atoms. The molecule has 2 atom stereocenters. The zero-order chi connectivity index (χ0) is 42.0. The SMILES string of the molecule is NC(=O)NCC(=O)N1CCC(C2c3ncc(Br)cc3CCc3cc(Cl)cc(Cl)c32)CC1.NCC(=O)N1CCC(C2c3ncc(Br)cc3CCc3cc(Cl)cc(Cl)c32)CC1. The van der Waals surface area contributed by atoms with E-state index < -0.39 is 6.03 Å². The topological polar surface area (TPSA) is 148 Å². The summed E-state index contributed by atoms with van der Waals surface area (Å²) in [4.78, 5) is 48.5. The van der Waals surface area contributed by atoms with Crippen LogP contribution in [0.15, 0.2) is 57.7 Å². The molecule has 0 radical (unpaired) electrons. The number of aryl methyl sites for hydroxylation is 4. The summed E-state index contributed by atoms with van der Waals surface area (Å²) in [5.41, 5.74) is 19.9. The number of amides is 4. The molecule has 2 fully saturated rings. The number of carbonyl (C=O) groups excluding carboxylic acids is 3. The van der Waals surface area contributed by atoms with Gasteiger partial charge in [-0.1, -0.05) is 46.4 Å². The van der Waals surface area contributed by atoms with Gasteiger partial charge in [0, 0.05) is 79.4 Å². The third-order valence-corrected chi connectivity index (χ3v) is 14.1. The van der Waals surface area contributed by atoms with Gasteiger partial charge < -0.3 is 26.6 Å². The number of fused-ring (bicyclic) bond motifs is 4. The molecule has 16 heteroatoms. The molecule has 10 nitrogen and oxygen atoms in total. The highest BCUT2D eigenvalue weighted by molar-refractivity contribution is 9.10. The van der Waals surface area contributed by atoms with Crippen molar-refractivity contribution < 1.29 is 14.4 Å². The van der Waals surface area contributed by atoms with Gasteiger partial charge in [0.1, 0.15) is 0 Å². The molecular formula is C43H45Br2Cl4N7O3. The standard InChI is InChI=1S/C22H23BrCl2N4O2.C21H22BrCl2N3O/c23-15-7-14-2-1-13-8-16(24)9-17(25)19(13)20(21(14)27-10-15)12-3-5-29(6-4-12)18(30)11-28-22(26)31;22-15-7-14-2-1-13-8-16(23)9-17(24)19(13)20(21(14)26-11-15)12-3-5-27(6-4-12)18(28)10-25/h7-10,12,20H,1-6,11H2,(H3,26,28,31);7-9,11-12,20H,1-6,10,25H2. The number of pyridine rings is 2. The van der Waals surface area contributed by atoms with Crippen LogP contribution in [0, 0.1) is 11.8 Å². The molecule has 4 aliphatic rings. The lowest BCUT2D eigenvalue weighted by Crippen LogP contribution is -2.45. The van der Waals surface area contributed by atoms with Crippen LogP contribution in [0.2, 0.25) is 20.1 Å². The zero-order valence-electron chi connectivity index (χ0n) is 32.3. The van der Waals surface area contributed by atoms with Gasteiger partial charge in [0.2, 0.25) is 11.8 Å². The summed E-state index contributed by atoms with van der Waals surface area (Å²) in [5.74, 6) is 0.713. The van der Waals surface area contributed by atoms with E-state index in [0.717, 1.165) is 95.9 Å². The smallest absolute Gasteiger partial charge is 0.312 e. The van der Waals surface area contributed by atoms with Crippen LogP contribution in [-0.4, -0.2) is 76.9 Å². The third-order valence-electron chi connectivity index (χ3n) is 12.2. The van der Waals surface area contributed by atoms with Gasteiger partial charge >= 0.3 is 6.03 Å². The predicted octanol–water partition coefficient (Wildman–Crippen LogP) is 8.87. The van der Waals surface area contributed by atoms with Crippen molar-refractivity contribution in [3.63, 3.8) is 0 Å². The maximum absolute atomic E-state index is 12.4. The molecule has 2 aliphatic heterocycles. The Bertz CT molecular complexity index is 2250. The fourth-order valence-electron chi connectivity index (χ4n) is 9.43. The molecule has 4 aromatic rings. The Morgan fingerprint density at radius 1 is 0.644 bits per heavy atom. The zero-order valence-corrected chi connectivity index (χ0v) is 38.5. The fourth-order valence-corrected chi connectivity index (χ4v) is 11.5. The summed E-state index contributed by atoms with van der Waals surface area (Å²) in [6.45, 7) is 2.68. The van der Waals surface area contributed by atoms with E-state index in [1.807, 2.05) is 41.6 Å². The van der Waals surface area contributed by atoms with Crippen LogP contribution in [0.1, 0.15) is 82.3 Å². The van der Waals surface area contributed by atoms with Gasteiger partial charge in [0.25, 0.3) is 0 Å². The van der Waals surface area contributed by atoms with Crippen molar-refractivity contribution in [2.24, 2.45) is 23.3 Å². The molecule has 8 rings (SSSR count). The Hall–Kier alpha value is -2.97. The van der Waals surface area contributed by atoms with Gasteiger partial charge in [-0.15, -0.1) is 0 Å². The number of carbonyl (C=O) groups is 3. The highest BCUT2D eigenvalue weighted by atomic mass is 79.9. The first kappa shape index (κ1) is 44.1. The van der Waals surface area contributed by atoms with E-state index in [-0.39, 0.29) is 42.7 Å². The predicted molar refractivity (Wildman–Crippen MR) is 241 cm³/mol. The summed E-state index contributed by atoms with van der Waals surface area (Å²) in [5, 5.41) is 5.08. The normalized spacial score (nSPS) is 19.2. The minimum Gasteiger partial charge on any atom is -0.352 e. The Morgan fingerprint density at radius 2 is 1.05 bits per heavy atom. The average molecular weight is 1010 g/mol. The first-order valence-electron chi connectivity index (χ1n) is 19.8. The first-order valence-corrected chi connectivity index (χ1v) is 22.9. The van der Waals surface area contributed by atoms with E-state index in [1.54, 1.807) is 4.90 Å². The van der Waals surface area contributed by atoms with E-state index in [1.165, 1.54) is 22.3 Å². The number of piperidine rings is 2. The number of likely N-dealkylation sites (tertiary alicyclic amines) is 2. The van der Waals surface area contributed by atoms with Gasteiger partial charge in [-0.05, 0) is 165 Å². The maximum Gasteiger partial charge on any atom is 0.312 e. The van der Waals surface area contributed by atoms with Crippen molar-refractivity contribution in [2.75, 3.05) is 39.3 Å². The quantitative estimate of drug-likeness (QED) is 0.182. The average Bonchev–Trinajstić information content (AvgIpc) is 3.48. The van der Waals surface area contributed by atoms with E-state index in [0.29, 0.717) is 39.1 Å². The molecule has 5 N–H and O–H groups in total. The molecule has 4 amide bonds. The second-order valence-corrected chi connectivity index (χ2v) is 19.1. The second kappa shape index (κ2) is 19.4. The summed E-state index contributed by atoms with van der Waals surface area (Å²) in [7, 11) is 0. The molecule has 2 aromatic carbocycles. The Morgan fingerprint density at radius 3 is 1.46 bits per heavy atom. The lowest BCUT2D eigenvalue weighted by atomic mass is 9.76. The number of aromatic nitrogens is 2. The van der Waals surface area contributed by atoms with Crippen molar-refractivity contribution >= 4 is 96.1 Å². The molecule has 312 valence electrons. The molecular weight excluding hydrogens is 964 g/mol. The van der Waals surface area contributed by atoms with Crippen molar-refractivity contribution in [2.45, 2.75) is 63.2 Å². The molecule has 2 aliphatic carbocycles. The largest absolute Gasteiger partial charge is 0.352 e.